The number of aromatic nitrogens is 1. The molecule has 30 heavy (non-hydrogen) atoms. The Morgan fingerprint density at radius 2 is 1.90 bits per heavy atom. The van der Waals surface area contributed by atoms with Crippen molar-refractivity contribution in [3.8, 4) is 11.1 Å². The van der Waals surface area contributed by atoms with Crippen LogP contribution in [0.4, 0.5) is 4.39 Å². The Labute approximate surface area is 183 Å². The zero-order valence-corrected chi connectivity index (χ0v) is 21.2. The minimum atomic E-state index is -2.08. The second kappa shape index (κ2) is 8.94. The molecule has 2 aromatic rings. The topological polar surface area (TPSA) is 70.7 Å². The maximum absolute atomic E-state index is 14.8. The fourth-order valence-electron chi connectivity index (χ4n) is 2.47. The van der Waals surface area contributed by atoms with Crippen molar-refractivity contribution >= 4 is 25.9 Å². The first-order valence-corrected chi connectivity index (χ1v) is 14.0. The standard InChI is InChI=1S/C22H33FN2O3SSi/c1-15-13-27-18(12-25-29(26)21(2,3)4)19(15)16-10-11-24-20(23)17(16)14-28-30(8,9)22(5,6)7/h10-13H,14H2,1-9H3/b25-12+/t29-/m0/s1. The first-order valence-electron chi connectivity index (χ1n) is 9.97. The minimum absolute atomic E-state index is 0.00619. The molecule has 0 saturated carbocycles. The fraction of sp³-hybridized carbons (Fsp3) is 0.545. The summed E-state index contributed by atoms with van der Waals surface area (Å²) < 4.78 is 42.7. The van der Waals surface area contributed by atoms with Gasteiger partial charge in [0.25, 0.3) is 0 Å². The molecule has 0 fully saturated rings. The molecule has 0 bridgehead atoms. The number of aryl methyl sites for hydroxylation is 1. The zero-order valence-electron chi connectivity index (χ0n) is 19.4. The van der Waals surface area contributed by atoms with E-state index in [4.69, 9.17) is 8.84 Å². The lowest BCUT2D eigenvalue weighted by Crippen LogP contribution is -2.40. The van der Waals surface area contributed by atoms with E-state index in [1.165, 1.54) is 12.4 Å². The van der Waals surface area contributed by atoms with Gasteiger partial charge in [-0.05, 0) is 63.0 Å². The largest absolute Gasteiger partial charge is 0.591 e. The third kappa shape index (κ3) is 5.60. The molecule has 2 heterocycles. The van der Waals surface area contributed by atoms with Crippen LogP contribution in [0.5, 0.6) is 0 Å². The first-order chi connectivity index (χ1) is 13.6. The molecule has 0 aliphatic rings. The predicted molar refractivity (Wildman–Crippen MR) is 124 cm³/mol. The number of halogens is 1. The van der Waals surface area contributed by atoms with Gasteiger partial charge in [-0.15, -0.1) is 0 Å². The van der Waals surface area contributed by atoms with E-state index in [1.54, 1.807) is 12.3 Å². The van der Waals surface area contributed by atoms with Crippen LogP contribution in [0.3, 0.4) is 0 Å². The minimum Gasteiger partial charge on any atom is -0.591 e. The Bertz CT molecular complexity index is 914. The number of hydrogen-bond acceptors (Lipinski definition) is 5. The van der Waals surface area contributed by atoms with Gasteiger partial charge >= 0.3 is 0 Å². The summed E-state index contributed by atoms with van der Waals surface area (Å²) in [5.41, 5.74) is 2.57. The van der Waals surface area contributed by atoms with Gasteiger partial charge < -0.3 is 13.4 Å². The highest BCUT2D eigenvalue weighted by atomic mass is 32.2. The van der Waals surface area contributed by atoms with Crippen LogP contribution < -0.4 is 0 Å². The van der Waals surface area contributed by atoms with Gasteiger partial charge in [0.1, 0.15) is 22.3 Å². The summed E-state index contributed by atoms with van der Waals surface area (Å²) in [6, 6.07) is 1.75. The van der Waals surface area contributed by atoms with Gasteiger partial charge in [0, 0.05) is 17.3 Å². The Kier molecular flexibility index (Phi) is 7.39. The Morgan fingerprint density at radius 1 is 1.27 bits per heavy atom. The number of hydrogen-bond donors (Lipinski definition) is 0. The van der Waals surface area contributed by atoms with E-state index in [-0.39, 0.29) is 11.6 Å². The van der Waals surface area contributed by atoms with Crippen molar-refractivity contribution in [3.63, 3.8) is 0 Å². The molecule has 1 atom stereocenters. The fourth-order valence-corrected chi connectivity index (χ4v) is 3.91. The molecule has 0 unspecified atom stereocenters. The average molecular weight is 453 g/mol. The van der Waals surface area contributed by atoms with Crippen LogP contribution >= 0.6 is 0 Å². The molecule has 0 aliphatic carbocycles. The molecular weight excluding hydrogens is 419 g/mol. The number of furan rings is 1. The van der Waals surface area contributed by atoms with Crippen LogP contribution in [0.1, 0.15) is 58.4 Å². The van der Waals surface area contributed by atoms with Crippen molar-refractivity contribution in [1.29, 1.82) is 0 Å². The zero-order chi connectivity index (χ0) is 22.9. The first kappa shape index (κ1) is 24.8. The predicted octanol–water partition coefficient (Wildman–Crippen LogP) is 6.19. The molecule has 0 aromatic carbocycles. The van der Waals surface area contributed by atoms with Gasteiger partial charge in [0.05, 0.1) is 12.9 Å². The summed E-state index contributed by atoms with van der Waals surface area (Å²) >= 11 is -1.42. The lowest BCUT2D eigenvalue weighted by molar-refractivity contribution is 0.270. The highest BCUT2D eigenvalue weighted by Gasteiger charge is 2.37. The van der Waals surface area contributed by atoms with Crippen molar-refractivity contribution in [2.75, 3.05) is 0 Å². The number of pyridine rings is 1. The molecule has 2 aromatic heterocycles. The molecule has 166 valence electrons. The lowest BCUT2D eigenvalue weighted by Gasteiger charge is -2.36. The third-order valence-electron chi connectivity index (χ3n) is 5.45. The molecule has 0 N–H and O–H groups in total. The van der Waals surface area contributed by atoms with E-state index >= 15 is 0 Å². The highest BCUT2D eigenvalue weighted by Crippen LogP contribution is 2.38. The lowest BCUT2D eigenvalue weighted by atomic mass is 9.99. The summed E-state index contributed by atoms with van der Waals surface area (Å²) in [6.45, 7) is 18.2. The normalized spacial score (nSPS) is 14.5. The van der Waals surface area contributed by atoms with Gasteiger partial charge in [0.15, 0.2) is 14.1 Å². The quantitative estimate of drug-likeness (QED) is 0.227. The third-order valence-corrected chi connectivity index (χ3v) is 11.3. The summed E-state index contributed by atoms with van der Waals surface area (Å²) in [6.07, 6.45) is 4.48. The number of rotatable bonds is 6. The van der Waals surface area contributed by atoms with Crippen LogP contribution in [-0.2, 0) is 22.4 Å². The maximum Gasteiger partial charge on any atom is 0.218 e. The van der Waals surface area contributed by atoms with E-state index < -0.39 is 30.4 Å². The van der Waals surface area contributed by atoms with Crippen LogP contribution in [0.15, 0.2) is 27.3 Å². The Hall–Kier alpha value is -1.48. The van der Waals surface area contributed by atoms with Gasteiger partial charge in [0.2, 0.25) is 5.95 Å². The molecule has 0 aliphatic heterocycles. The molecule has 0 spiro atoms. The molecule has 0 saturated heterocycles. The summed E-state index contributed by atoms with van der Waals surface area (Å²) in [5.74, 6) is -0.128. The summed E-state index contributed by atoms with van der Waals surface area (Å²) in [4.78, 5) is 3.83. The molecular formula is C22H33FN2O3SSi. The van der Waals surface area contributed by atoms with Crippen LogP contribution in [0, 0.1) is 12.9 Å². The number of nitrogens with zero attached hydrogens (tertiary/aromatic N) is 2. The van der Waals surface area contributed by atoms with Crippen LogP contribution in [0.25, 0.3) is 11.1 Å². The Balaban J connectivity index is 2.46. The second-order valence-electron chi connectivity index (χ2n) is 9.93. The molecule has 5 nitrogen and oxygen atoms in total. The SMILES string of the molecule is Cc1coc(/C=N/[S@@+]([O-])C(C)(C)C)c1-c1ccnc(F)c1CO[Si](C)(C)C(C)(C)C. The summed E-state index contributed by atoms with van der Waals surface area (Å²) in [5, 5.41) is 0.00619. The summed E-state index contributed by atoms with van der Waals surface area (Å²) in [7, 11) is -2.08. The van der Waals surface area contributed by atoms with Crippen molar-refractivity contribution < 1.29 is 17.8 Å². The van der Waals surface area contributed by atoms with E-state index in [2.05, 4.69) is 43.2 Å². The molecule has 0 amide bonds. The second-order valence-corrected chi connectivity index (χ2v) is 16.7. The van der Waals surface area contributed by atoms with Crippen LogP contribution in [0.2, 0.25) is 18.1 Å². The van der Waals surface area contributed by atoms with E-state index in [0.717, 1.165) is 5.56 Å². The smallest absolute Gasteiger partial charge is 0.218 e. The van der Waals surface area contributed by atoms with E-state index in [9.17, 15) is 8.94 Å². The molecule has 0 radical (unpaired) electrons. The molecule has 8 heteroatoms. The van der Waals surface area contributed by atoms with Gasteiger partial charge in [-0.1, -0.05) is 25.2 Å². The Morgan fingerprint density at radius 3 is 2.47 bits per heavy atom. The van der Waals surface area contributed by atoms with Crippen molar-refractivity contribution in [3.05, 3.63) is 41.4 Å². The van der Waals surface area contributed by atoms with Crippen LogP contribution in [-0.4, -0.2) is 28.8 Å². The van der Waals surface area contributed by atoms with Gasteiger partial charge in [-0.2, -0.15) is 4.39 Å². The van der Waals surface area contributed by atoms with Crippen molar-refractivity contribution in [2.24, 2.45) is 4.40 Å². The van der Waals surface area contributed by atoms with Crippen molar-refractivity contribution in [2.45, 2.75) is 78.0 Å². The van der Waals surface area contributed by atoms with Crippen molar-refractivity contribution in [1.82, 2.24) is 4.98 Å². The molecule has 2 rings (SSSR count). The van der Waals surface area contributed by atoms with Gasteiger partial charge in [-0.3, -0.25) is 0 Å². The highest BCUT2D eigenvalue weighted by molar-refractivity contribution is 7.91. The van der Waals surface area contributed by atoms with E-state index in [1.807, 2.05) is 27.7 Å². The maximum atomic E-state index is 14.8. The van der Waals surface area contributed by atoms with E-state index in [0.29, 0.717) is 22.5 Å². The average Bonchev–Trinajstić information content (AvgIpc) is 2.97. The van der Waals surface area contributed by atoms with Gasteiger partial charge in [-0.25, -0.2) is 4.98 Å². The monoisotopic (exact) mass is 452 g/mol.